The molecule has 3 aromatic rings. The highest BCUT2D eigenvalue weighted by Crippen LogP contribution is 2.38. The normalized spacial score (nSPS) is 13.7. The molecule has 14 heteroatoms. The van der Waals surface area contributed by atoms with Gasteiger partial charge in [0.25, 0.3) is 5.91 Å². The van der Waals surface area contributed by atoms with Gasteiger partial charge in [0, 0.05) is 11.9 Å². The van der Waals surface area contributed by atoms with E-state index in [1.54, 1.807) is 29.8 Å². The average molecular weight is 580 g/mol. The van der Waals surface area contributed by atoms with Crippen molar-refractivity contribution in [2.24, 2.45) is 12.0 Å². The Bertz CT molecular complexity index is 1630. The Morgan fingerprint density at radius 2 is 1.74 bits per heavy atom. The van der Waals surface area contributed by atoms with Crippen LogP contribution in [0.1, 0.15) is 44.0 Å². The van der Waals surface area contributed by atoms with Crippen LogP contribution in [0.3, 0.4) is 0 Å². The number of benzene rings is 1. The maximum atomic E-state index is 12.6. The van der Waals surface area contributed by atoms with Gasteiger partial charge in [0.2, 0.25) is 5.91 Å². The SMILES string of the molecule is COC(=O)c1ccc2c(c1)sc(=NC(=O)CS(=O)(=O)CC(=O)Nc1sc3c(c1C(=O)OC)CCCC3)n2C. The molecule has 202 valence electrons. The number of methoxy groups -OCH3 is 2. The number of amides is 2. The highest BCUT2D eigenvalue weighted by atomic mass is 32.2. The summed E-state index contributed by atoms with van der Waals surface area (Å²) < 4.78 is 37.1. The molecule has 0 aliphatic heterocycles. The van der Waals surface area contributed by atoms with Gasteiger partial charge in [-0.1, -0.05) is 11.3 Å². The van der Waals surface area contributed by atoms with Gasteiger partial charge < -0.3 is 19.4 Å². The first-order valence-electron chi connectivity index (χ1n) is 11.5. The van der Waals surface area contributed by atoms with Crippen LogP contribution in [-0.2, 0) is 48.8 Å². The Labute approximate surface area is 226 Å². The number of carbonyl (C=O) groups is 4. The number of sulfone groups is 1. The Balaban J connectivity index is 1.49. The summed E-state index contributed by atoms with van der Waals surface area (Å²) >= 11 is 2.35. The van der Waals surface area contributed by atoms with Gasteiger partial charge in [-0.05, 0) is 49.4 Å². The van der Waals surface area contributed by atoms with Crippen molar-refractivity contribution in [1.29, 1.82) is 0 Å². The lowest BCUT2D eigenvalue weighted by molar-refractivity contribution is -0.115. The van der Waals surface area contributed by atoms with Crippen molar-refractivity contribution in [3.63, 3.8) is 0 Å². The average Bonchev–Trinajstić information content (AvgIpc) is 3.38. The number of esters is 2. The quantitative estimate of drug-likeness (QED) is 0.419. The number of nitrogens with zero attached hydrogens (tertiary/aromatic N) is 2. The lowest BCUT2D eigenvalue weighted by Crippen LogP contribution is -2.28. The molecule has 38 heavy (non-hydrogen) atoms. The van der Waals surface area contributed by atoms with Crippen molar-refractivity contribution in [1.82, 2.24) is 4.57 Å². The Hall–Kier alpha value is -3.36. The zero-order valence-electron chi connectivity index (χ0n) is 20.9. The van der Waals surface area contributed by atoms with E-state index in [1.165, 1.54) is 25.6 Å². The van der Waals surface area contributed by atoms with Crippen LogP contribution in [0.2, 0.25) is 0 Å². The van der Waals surface area contributed by atoms with Gasteiger partial charge in [0.1, 0.15) is 16.5 Å². The van der Waals surface area contributed by atoms with Gasteiger partial charge in [0.05, 0.1) is 35.6 Å². The molecular weight excluding hydrogens is 554 g/mol. The first-order chi connectivity index (χ1) is 18.0. The molecule has 1 N–H and O–H groups in total. The molecule has 0 bridgehead atoms. The number of hydrogen-bond donors (Lipinski definition) is 1. The summed E-state index contributed by atoms with van der Waals surface area (Å²) in [5.41, 5.74) is 2.11. The van der Waals surface area contributed by atoms with E-state index in [0.717, 1.165) is 41.0 Å². The molecule has 0 saturated heterocycles. The van der Waals surface area contributed by atoms with Crippen LogP contribution < -0.4 is 10.1 Å². The second kappa shape index (κ2) is 11.2. The molecule has 11 nitrogen and oxygen atoms in total. The standard InChI is InChI=1S/C24H25N3O8S3/c1-27-15-9-8-13(22(30)34-2)10-17(15)37-24(27)26-19(29)12-38(32,33)11-18(28)25-21-20(23(31)35-3)14-6-4-5-7-16(14)36-21/h8-10H,4-7,11-12H2,1-3H3,(H,25,28). The van der Waals surface area contributed by atoms with E-state index in [9.17, 15) is 27.6 Å². The largest absolute Gasteiger partial charge is 0.465 e. The molecule has 1 aliphatic carbocycles. The van der Waals surface area contributed by atoms with Gasteiger partial charge >= 0.3 is 11.9 Å². The molecule has 0 spiro atoms. The van der Waals surface area contributed by atoms with Crippen LogP contribution >= 0.6 is 22.7 Å². The summed E-state index contributed by atoms with van der Waals surface area (Å²) in [6, 6.07) is 4.85. The van der Waals surface area contributed by atoms with Gasteiger partial charge in [-0.15, -0.1) is 11.3 Å². The number of aryl methyl sites for hydroxylation is 2. The maximum absolute atomic E-state index is 12.6. The molecule has 0 radical (unpaired) electrons. The fourth-order valence-electron chi connectivity index (χ4n) is 4.20. The topological polar surface area (TPSA) is 150 Å². The van der Waals surface area contributed by atoms with Crippen LogP contribution in [-0.4, -0.2) is 62.5 Å². The minimum absolute atomic E-state index is 0.235. The minimum Gasteiger partial charge on any atom is -0.465 e. The number of fused-ring (bicyclic) bond motifs is 2. The van der Waals surface area contributed by atoms with Crippen molar-refractivity contribution in [3.8, 4) is 0 Å². The summed E-state index contributed by atoms with van der Waals surface area (Å²) in [4.78, 5) is 54.4. The van der Waals surface area contributed by atoms with Crippen LogP contribution in [0.4, 0.5) is 5.00 Å². The molecule has 2 amide bonds. The van der Waals surface area contributed by atoms with Crippen molar-refractivity contribution >= 4 is 71.5 Å². The summed E-state index contributed by atoms with van der Waals surface area (Å²) in [6.07, 6.45) is 3.32. The Morgan fingerprint density at radius 1 is 1.03 bits per heavy atom. The molecular formula is C24H25N3O8S3. The van der Waals surface area contributed by atoms with Crippen molar-refractivity contribution in [2.75, 3.05) is 31.0 Å². The molecule has 0 unspecified atom stereocenters. The molecule has 0 fully saturated rings. The summed E-state index contributed by atoms with van der Waals surface area (Å²) in [7, 11) is 0.0149. The molecule has 0 atom stereocenters. The fourth-order valence-corrected chi connectivity index (χ4v) is 7.58. The highest BCUT2D eigenvalue weighted by Gasteiger charge is 2.28. The summed E-state index contributed by atoms with van der Waals surface area (Å²) in [6.45, 7) is 0. The second-order valence-electron chi connectivity index (χ2n) is 8.61. The van der Waals surface area contributed by atoms with Gasteiger partial charge in [0.15, 0.2) is 14.6 Å². The van der Waals surface area contributed by atoms with Crippen LogP contribution in [0.25, 0.3) is 10.2 Å². The van der Waals surface area contributed by atoms with Gasteiger partial charge in [-0.2, -0.15) is 4.99 Å². The molecule has 1 aromatic carbocycles. The van der Waals surface area contributed by atoms with E-state index in [2.05, 4.69) is 10.3 Å². The molecule has 0 saturated carbocycles. The first-order valence-corrected chi connectivity index (χ1v) is 15.0. The monoisotopic (exact) mass is 579 g/mol. The van der Waals surface area contributed by atoms with Crippen molar-refractivity contribution in [3.05, 3.63) is 44.6 Å². The highest BCUT2D eigenvalue weighted by molar-refractivity contribution is 7.92. The number of thiazole rings is 1. The Morgan fingerprint density at radius 3 is 2.45 bits per heavy atom. The number of anilines is 1. The third-order valence-corrected chi connectivity index (χ3v) is 9.65. The summed E-state index contributed by atoms with van der Waals surface area (Å²) in [5.74, 6) is -4.81. The number of rotatable bonds is 7. The van der Waals surface area contributed by atoms with Crippen LogP contribution in [0.15, 0.2) is 23.2 Å². The zero-order chi connectivity index (χ0) is 27.6. The van der Waals surface area contributed by atoms with Crippen molar-refractivity contribution in [2.45, 2.75) is 25.7 Å². The number of hydrogen-bond acceptors (Lipinski definition) is 10. The molecule has 1 aliphatic rings. The molecule has 2 heterocycles. The third kappa shape index (κ3) is 5.87. The number of aromatic nitrogens is 1. The minimum atomic E-state index is -4.16. The van der Waals surface area contributed by atoms with Crippen LogP contribution in [0, 0.1) is 0 Å². The number of ether oxygens (including phenoxy) is 2. The smallest absolute Gasteiger partial charge is 0.341 e. The van der Waals surface area contributed by atoms with Gasteiger partial charge in [-0.3, -0.25) is 9.59 Å². The molecule has 4 rings (SSSR count). The maximum Gasteiger partial charge on any atom is 0.341 e. The number of thiophene rings is 1. The summed E-state index contributed by atoms with van der Waals surface area (Å²) in [5, 5.41) is 2.78. The lowest BCUT2D eigenvalue weighted by Gasteiger charge is -2.11. The lowest BCUT2D eigenvalue weighted by atomic mass is 9.95. The van der Waals surface area contributed by atoms with Gasteiger partial charge in [-0.25, -0.2) is 18.0 Å². The van der Waals surface area contributed by atoms with E-state index in [4.69, 9.17) is 9.47 Å². The predicted molar refractivity (Wildman–Crippen MR) is 142 cm³/mol. The van der Waals surface area contributed by atoms with E-state index in [-0.39, 0.29) is 15.4 Å². The Kier molecular flexibility index (Phi) is 8.13. The van der Waals surface area contributed by atoms with Crippen LogP contribution in [0.5, 0.6) is 0 Å². The predicted octanol–water partition coefficient (Wildman–Crippen LogP) is 2.23. The number of carbonyl (C=O) groups excluding carboxylic acids is 4. The van der Waals surface area contributed by atoms with E-state index >= 15 is 0 Å². The fraction of sp³-hybridized carbons (Fsp3) is 0.375. The number of nitrogens with one attached hydrogen (secondary N) is 1. The zero-order valence-corrected chi connectivity index (χ0v) is 23.3. The first kappa shape index (κ1) is 27.7. The van der Waals surface area contributed by atoms with E-state index < -0.39 is 45.1 Å². The third-order valence-electron chi connectivity index (χ3n) is 5.96. The van der Waals surface area contributed by atoms with E-state index in [0.29, 0.717) is 22.2 Å². The van der Waals surface area contributed by atoms with Crippen molar-refractivity contribution < 1.29 is 37.1 Å². The second-order valence-corrected chi connectivity index (χ2v) is 12.8. The molecule has 2 aromatic heterocycles. The van der Waals surface area contributed by atoms with E-state index in [1.807, 2.05) is 0 Å².